The second-order valence-electron chi connectivity index (χ2n) is 9.08. The van der Waals surface area contributed by atoms with Crippen molar-refractivity contribution in [2.75, 3.05) is 5.32 Å². The first-order valence-corrected chi connectivity index (χ1v) is 14.3. The highest BCUT2D eigenvalue weighted by molar-refractivity contribution is 7.99. The first kappa shape index (κ1) is 25.1. The van der Waals surface area contributed by atoms with Gasteiger partial charge in [0.25, 0.3) is 0 Å². The lowest BCUT2D eigenvalue weighted by atomic mass is 10.1. The van der Waals surface area contributed by atoms with Crippen molar-refractivity contribution >= 4 is 39.7 Å². The van der Waals surface area contributed by atoms with E-state index in [0.717, 1.165) is 56.4 Å². The number of rotatable bonds is 9. The van der Waals surface area contributed by atoms with E-state index < -0.39 is 0 Å². The molecule has 0 radical (unpaired) electrons. The van der Waals surface area contributed by atoms with Crippen molar-refractivity contribution in [2.24, 2.45) is 0 Å². The van der Waals surface area contributed by atoms with Crippen LogP contribution in [0.1, 0.15) is 22.6 Å². The van der Waals surface area contributed by atoms with Gasteiger partial charge in [-0.2, -0.15) is 5.10 Å². The molecule has 4 heterocycles. The minimum absolute atomic E-state index is 0.609. The van der Waals surface area contributed by atoms with Crippen molar-refractivity contribution in [1.82, 2.24) is 24.6 Å². The number of pyridine rings is 1. The normalized spacial score (nSPS) is 11.1. The Labute approximate surface area is 235 Å². The summed E-state index contributed by atoms with van der Waals surface area (Å²) in [6, 6.07) is 26.2. The molecule has 9 heteroatoms. The molecule has 1 N–H and O–H groups in total. The second kappa shape index (κ2) is 11.3. The number of ether oxygens (including phenoxy) is 1. The third kappa shape index (κ3) is 6.10. The van der Waals surface area contributed by atoms with Crippen LogP contribution in [0, 0.1) is 13.8 Å². The maximum atomic E-state index is 6.29. The molecule has 0 unspecified atom stereocenters. The Hall–Kier alpha value is -4.21. The van der Waals surface area contributed by atoms with Gasteiger partial charge in [-0.3, -0.25) is 0 Å². The molecule has 0 fully saturated rings. The fourth-order valence-corrected chi connectivity index (χ4v) is 5.85. The first-order valence-electron chi connectivity index (χ1n) is 12.6. The Balaban J connectivity index is 1.26. The number of aromatic nitrogens is 5. The summed E-state index contributed by atoms with van der Waals surface area (Å²) in [4.78, 5) is 15.1. The molecule has 0 aliphatic carbocycles. The smallest absolute Gasteiger partial charge is 0.188 e. The number of hydrogen-bond acceptors (Lipinski definition) is 8. The fraction of sp³-hybridized carbons (Fsp3) is 0.133. The molecule has 2 aromatic carbocycles. The zero-order valence-corrected chi connectivity index (χ0v) is 23.2. The van der Waals surface area contributed by atoms with E-state index >= 15 is 0 Å². The molecule has 39 heavy (non-hydrogen) atoms. The van der Waals surface area contributed by atoms with E-state index in [-0.39, 0.29) is 0 Å². The number of para-hydroxylation sites is 1. The van der Waals surface area contributed by atoms with Crippen LogP contribution in [0.5, 0.6) is 11.5 Å². The van der Waals surface area contributed by atoms with Gasteiger partial charge in [0.2, 0.25) is 0 Å². The summed E-state index contributed by atoms with van der Waals surface area (Å²) in [6.07, 6.45) is 3.67. The number of hydrogen-bond donors (Lipinski definition) is 1. The molecule has 194 valence electrons. The molecule has 6 aromatic rings. The van der Waals surface area contributed by atoms with Crippen LogP contribution in [0.3, 0.4) is 0 Å². The van der Waals surface area contributed by atoms with Crippen molar-refractivity contribution in [2.45, 2.75) is 36.6 Å². The zero-order chi connectivity index (χ0) is 26.6. The Morgan fingerprint density at radius 1 is 0.897 bits per heavy atom. The molecule has 0 bridgehead atoms. The van der Waals surface area contributed by atoms with E-state index in [1.54, 1.807) is 23.1 Å². The number of aryl methyl sites for hydroxylation is 4. The summed E-state index contributed by atoms with van der Waals surface area (Å²) in [5, 5.41) is 11.8. The predicted octanol–water partition coefficient (Wildman–Crippen LogP) is 7.67. The summed E-state index contributed by atoms with van der Waals surface area (Å²) in [5.41, 5.74) is 5.04. The maximum absolute atomic E-state index is 6.29. The molecule has 0 saturated heterocycles. The van der Waals surface area contributed by atoms with Crippen LogP contribution >= 0.6 is 23.1 Å². The Morgan fingerprint density at radius 3 is 2.51 bits per heavy atom. The first-order chi connectivity index (χ1) is 19.1. The Morgan fingerprint density at radius 2 is 1.69 bits per heavy atom. The minimum Gasteiger partial charge on any atom is -0.453 e. The molecule has 0 aliphatic rings. The molecule has 4 aromatic heterocycles. The number of anilines is 2. The van der Waals surface area contributed by atoms with Gasteiger partial charge in [0, 0.05) is 34.3 Å². The van der Waals surface area contributed by atoms with Gasteiger partial charge in [-0.1, -0.05) is 60.3 Å². The van der Waals surface area contributed by atoms with Crippen LogP contribution in [0.2, 0.25) is 0 Å². The summed E-state index contributed by atoms with van der Waals surface area (Å²) < 4.78 is 8.16. The van der Waals surface area contributed by atoms with Gasteiger partial charge in [-0.15, -0.1) is 11.3 Å². The third-order valence-corrected chi connectivity index (χ3v) is 7.72. The average molecular weight is 551 g/mol. The zero-order valence-electron chi connectivity index (χ0n) is 21.5. The summed E-state index contributed by atoms with van der Waals surface area (Å²) in [6.45, 7) is 3.96. The van der Waals surface area contributed by atoms with E-state index in [0.29, 0.717) is 11.6 Å². The largest absolute Gasteiger partial charge is 0.453 e. The van der Waals surface area contributed by atoms with Crippen molar-refractivity contribution in [3.05, 3.63) is 113 Å². The topological polar surface area (TPSA) is 77.2 Å². The molecule has 0 spiro atoms. The van der Waals surface area contributed by atoms with Crippen molar-refractivity contribution in [3.8, 4) is 11.5 Å². The van der Waals surface area contributed by atoms with Crippen LogP contribution in [-0.4, -0.2) is 24.6 Å². The van der Waals surface area contributed by atoms with E-state index in [9.17, 15) is 0 Å². The second-order valence-corrected chi connectivity index (χ2v) is 11.0. The van der Waals surface area contributed by atoms with Crippen LogP contribution < -0.4 is 10.1 Å². The number of nitrogens with one attached hydrogen (secondary N) is 1. The summed E-state index contributed by atoms with van der Waals surface area (Å²) >= 11 is 3.14. The number of fused-ring (bicyclic) bond motifs is 1. The molecule has 0 aliphatic heterocycles. The standard InChI is InChI=1S/C30H26N6OS2/c1-20-16-28(36-27(32-20)15-21(2)35-36)39-25-17-26(37-24-11-7-4-8-12-24)29(31-18-25)34-30-33-23(19-38-30)14-13-22-9-5-3-6-10-22/h3-12,15-19H,13-14H2,1-2H3,(H,31,33,34). The van der Waals surface area contributed by atoms with Gasteiger partial charge in [0.05, 0.1) is 11.4 Å². The SMILES string of the molecule is Cc1cc(Sc2cnc(Nc3nc(CCc4ccccc4)cs3)c(Oc3ccccc3)c2)n2nc(C)cc2n1. The van der Waals surface area contributed by atoms with Crippen LogP contribution in [0.4, 0.5) is 10.9 Å². The molecule has 0 atom stereocenters. The quantitative estimate of drug-likeness (QED) is 0.185. The van der Waals surface area contributed by atoms with Crippen LogP contribution in [-0.2, 0) is 12.8 Å². The molecule has 7 nitrogen and oxygen atoms in total. The Kier molecular flexibility index (Phi) is 7.25. The van der Waals surface area contributed by atoms with E-state index in [1.807, 2.05) is 79.2 Å². The molecular weight excluding hydrogens is 525 g/mol. The molecular formula is C30H26N6OS2. The van der Waals surface area contributed by atoms with Gasteiger partial charge in [-0.05, 0) is 50.5 Å². The predicted molar refractivity (Wildman–Crippen MR) is 157 cm³/mol. The number of nitrogens with zero attached hydrogens (tertiary/aromatic N) is 5. The highest BCUT2D eigenvalue weighted by atomic mass is 32.2. The van der Waals surface area contributed by atoms with Crippen molar-refractivity contribution < 1.29 is 4.74 Å². The van der Waals surface area contributed by atoms with Gasteiger partial charge >= 0.3 is 0 Å². The molecule has 0 saturated carbocycles. The summed E-state index contributed by atoms with van der Waals surface area (Å²) in [5.74, 6) is 1.96. The lowest BCUT2D eigenvalue weighted by molar-refractivity contribution is 0.481. The Bertz CT molecular complexity index is 1720. The van der Waals surface area contributed by atoms with Crippen molar-refractivity contribution in [3.63, 3.8) is 0 Å². The molecule has 0 amide bonds. The summed E-state index contributed by atoms with van der Waals surface area (Å²) in [7, 11) is 0. The number of benzene rings is 2. The monoisotopic (exact) mass is 550 g/mol. The highest BCUT2D eigenvalue weighted by Gasteiger charge is 2.14. The van der Waals surface area contributed by atoms with Gasteiger partial charge in [-0.25, -0.2) is 19.5 Å². The lowest BCUT2D eigenvalue weighted by Crippen LogP contribution is -1.99. The van der Waals surface area contributed by atoms with Gasteiger partial charge in [0.1, 0.15) is 10.8 Å². The van der Waals surface area contributed by atoms with E-state index in [2.05, 4.69) is 45.0 Å². The van der Waals surface area contributed by atoms with E-state index in [1.165, 1.54) is 5.56 Å². The third-order valence-electron chi connectivity index (χ3n) is 5.96. The molecule has 6 rings (SSSR count). The van der Waals surface area contributed by atoms with E-state index in [4.69, 9.17) is 14.7 Å². The van der Waals surface area contributed by atoms with Crippen LogP contribution in [0.25, 0.3) is 5.65 Å². The lowest BCUT2D eigenvalue weighted by Gasteiger charge is -2.13. The average Bonchev–Trinajstić information content (AvgIpc) is 3.55. The highest BCUT2D eigenvalue weighted by Crippen LogP contribution is 2.37. The fourth-order valence-electron chi connectivity index (χ4n) is 4.14. The minimum atomic E-state index is 0.609. The van der Waals surface area contributed by atoms with Gasteiger partial charge < -0.3 is 10.1 Å². The number of thiazole rings is 1. The van der Waals surface area contributed by atoms with Crippen LogP contribution in [0.15, 0.2) is 100 Å². The van der Waals surface area contributed by atoms with Gasteiger partial charge in [0.15, 0.2) is 22.3 Å². The maximum Gasteiger partial charge on any atom is 0.188 e. The van der Waals surface area contributed by atoms with Crippen molar-refractivity contribution in [1.29, 1.82) is 0 Å².